The third-order valence-corrected chi connectivity index (χ3v) is 4.56. The van der Waals surface area contributed by atoms with Gasteiger partial charge in [0.05, 0.1) is 24.6 Å². The smallest absolute Gasteiger partial charge is 0.380 e. The number of halogens is 3. The monoisotopic (exact) mass is 432 g/mol. The Morgan fingerprint density at radius 3 is 1.89 bits per heavy atom. The maximum absolute atomic E-state index is 12.8. The molecule has 0 atom stereocenters. The van der Waals surface area contributed by atoms with Crippen LogP contribution >= 0.6 is 28.6 Å². The van der Waals surface area contributed by atoms with E-state index in [-0.39, 0.29) is 5.82 Å². The predicted molar refractivity (Wildman–Crippen MR) is 106 cm³/mol. The molecule has 0 bridgehead atoms. The maximum atomic E-state index is 12.8. The van der Waals surface area contributed by atoms with Gasteiger partial charge in [0.2, 0.25) is 0 Å². The molecule has 0 aliphatic heterocycles. The van der Waals surface area contributed by atoms with Crippen molar-refractivity contribution < 1.29 is 18.2 Å². The Bertz CT molecular complexity index is 767. The lowest BCUT2D eigenvalue weighted by Crippen LogP contribution is -1.97. The summed E-state index contributed by atoms with van der Waals surface area (Å²) in [5, 5.41) is 8.15. The van der Waals surface area contributed by atoms with Crippen molar-refractivity contribution in [2.75, 3.05) is 13.2 Å². The molecule has 0 aliphatic rings. The van der Waals surface area contributed by atoms with E-state index in [1.165, 1.54) is 12.1 Å². The zero-order valence-electron chi connectivity index (χ0n) is 14.6. The first-order valence-electron chi connectivity index (χ1n) is 8.46. The summed E-state index contributed by atoms with van der Waals surface area (Å²) in [5.41, 5.74) is 1.27. The number of benzene rings is 2. The van der Waals surface area contributed by atoms with Crippen molar-refractivity contribution in [3.8, 4) is 5.75 Å². The van der Waals surface area contributed by atoms with Crippen molar-refractivity contribution in [2.45, 2.75) is 25.7 Å². The average Bonchev–Trinajstić information content (AvgIpc) is 2.63. The minimum absolute atomic E-state index is 0.291. The average molecular weight is 433 g/mol. The van der Waals surface area contributed by atoms with Crippen LogP contribution in [0.4, 0.5) is 15.8 Å². The predicted octanol–water partition coefficient (Wildman–Crippen LogP) is 7.78. The van der Waals surface area contributed by atoms with Crippen LogP contribution in [0.25, 0.3) is 0 Å². The first-order chi connectivity index (χ1) is 12.9. The molecule has 0 spiro atoms. The van der Waals surface area contributed by atoms with Gasteiger partial charge in [-0.1, -0.05) is 6.42 Å². The van der Waals surface area contributed by atoms with Gasteiger partial charge in [0.25, 0.3) is 0 Å². The van der Waals surface area contributed by atoms with Crippen LogP contribution in [0.2, 0.25) is 0 Å². The summed E-state index contributed by atoms with van der Waals surface area (Å²) in [4.78, 5) is 0. The summed E-state index contributed by atoms with van der Waals surface area (Å²) >= 11 is 10.6. The minimum atomic E-state index is -3.41. The van der Waals surface area contributed by atoms with E-state index in [9.17, 15) is 8.96 Å². The molecule has 2 aromatic carbocycles. The molecule has 0 aromatic heterocycles. The largest absolute Gasteiger partial charge is 0.494 e. The normalized spacial score (nSPS) is 11.8. The van der Waals surface area contributed by atoms with E-state index in [1.807, 2.05) is 12.1 Å². The van der Waals surface area contributed by atoms with Crippen molar-refractivity contribution in [3.63, 3.8) is 0 Å². The molecule has 0 unspecified atom stereocenters. The van der Waals surface area contributed by atoms with Gasteiger partial charge < -0.3 is 9.26 Å². The van der Waals surface area contributed by atoms with Crippen LogP contribution < -0.4 is 4.74 Å². The van der Waals surface area contributed by atoms with Crippen molar-refractivity contribution >= 4 is 39.9 Å². The first kappa shape index (κ1) is 21.8. The molecule has 0 radical (unpaired) electrons. The van der Waals surface area contributed by atoms with Gasteiger partial charge in [-0.3, -0.25) is 4.57 Å². The van der Waals surface area contributed by atoms with Gasteiger partial charge >= 0.3 is 6.07 Å². The van der Waals surface area contributed by atoms with Crippen LogP contribution in [-0.2, 0) is 9.09 Å². The highest BCUT2D eigenvalue weighted by atomic mass is 35.9. The summed E-state index contributed by atoms with van der Waals surface area (Å²) < 4.78 is 34.2. The standard InChI is InChI=1S/C18H20Cl2FN2O3P/c19-27(20,24)26-14-4-2-1-3-13-25-18-11-9-17(10-12-18)23-22-16-7-5-15(21)6-8-16/h5-12H,1-4,13-14H2. The number of unbranched alkanes of at least 4 members (excludes halogenated alkanes) is 3. The van der Waals surface area contributed by atoms with E-state index in [1.54, 1.807) is 24.3 Å². The Kier molecular flexibility index (Phi) is 9.22. The fourth-order valence-electron chi connectivity index (χ4n) is 2.15. The number of nitrogens with zero attached hydrogens (tertiary/aromatic N) is 2. The Morgan fingerprint density at radius 1 is 0.815 bits per heavy atom. The highest BCUT2D eigenvalue weighted by Crippen LogP contribution is 2.57. The minimum Gasteiger partial charge on any atom is -0.494 e. The molecule has 5 nitrogen and oxygen atoms in total. The summed E-state index contributed by atoms with van der Waals surface area (Å²) in [6.45, 7) is 0.889. The van der Waals surface area contributed by atoms with Gasteiger partial charge in [-0.15, -0.1) is 0 Å². The number of hydrogen-bond donors (Lipinski definition) is 0. The van der Waals surface area contributed by atoms with Gasteiger partial charge in [-0.25, -0.2) is 4.39 Å². The number of hydrogen-bond acceptors (Lipinski definition) is 5. The second-order valence-electron chi connectivity index (χ2n) is 5.68. The lowest BCUT2D eigenvalue weighted by Gasteiger charge is -2.07. The highest BCUT2D eigenvalue weighted by Gasteiger charge is 2.12. The molecule has 0 fully saturated rings. The number of azo groups is 1. The zero-order valence-corrected chi connectivity index (χ0v) is 17.0. The van der Waals surface area contributed by atoms with Crippen molar-refractivity contribution in [1.29, 1.82) is 0 Å². The van der Waals surface area contributed by atoms with E-state index < -0.39 is 6.07 Å². The molecule has 0 saturated heterocycles. The molecule has 9 heteroatoms. The summed E-state index contributed by atoms with van der Waals surface area (Å²) in [6, 6.07) is 13.1. The summed E-state index contributed by atoms with van der Waals surface area (Å²) in [5.74, 6) is 0.449. The molecule has 27 heavy (non-hydrogen) atoms. The molecular formula is C18H20Cl2FN2O3P. The van der Waals surface area contributed by atoms with Crippen LogP contribution in [-0.4, -0.2) is 13.2 Å². The van der Waals surface area contributed by atoms with Gasteiger partial charge in [-0.05, 0) is 90.3 Å². The molecule has 0 N–H and O–H groups in total. The molecule has 0 saturated carbocycles. The number of ether oxygens (including phenoxy) is 1. The molecule has 146 valence electrons. The lowest BCUT2D eigenvalue weighted by molar-refractivity contribution is 0.293. The Balaban J connectivity index is 1.63. The summed E-state index contributed by atoms with van der Waals surface area (Å²) in [6.07, 6.45) is 0.113. The highest BCUT2D eigenvalue weighted by molar-refractivity contribution is 8.05. The van der Waals surface area contributed by atoms with Crippen LogP contribution in [0.5, 0.6) is 5.75 Å². The molecule has 2 aromatic rings. The quantitative estimate of drug-likeness (QED) is 0.207. The molecule has 0 amide bonds. The van der Waals surface area contributed by atoms with Gasteiger partial charge in [0.15, 0.2) is 0 Å². The molecule has 2 rings (SSSR count). The fourth-order valence-corrected chi connectivity index (χ4v) is 2.91. The van der Waals surface area contributed by atoms with E-state index in [4.69, 9.17) is 31.7 Å². The maximum Gasteiger partial charge on any atom is 0.380 e. The number of rotatable bonds is 11. The van der Waals surface area contributed by atoms with E-state index in [2.05, 4.69) is 10.2 Å². The SMILES string of the molecule is O=P(Cl)(Cl)OCCCCCCOc1ccc(N=Nc2ccc(F)cc2)cc1. The van der Waals surface area contributed by atoms with Crippen LogP contribution in [0.1, 0.15) is 25.7 Å². The van der Waals surface area contributed by atoms with E-state index >= 15 is 0 Å². The Morgan fingerprint density at radius 2 is 1.33 bits per heavy atom. The summed E-state index contributed by atoms with van der Waals surface area (Å²) in [7, 11) is 0. The Hall–Kier alpha value is -1.46. The second kappa shape index (κ2) is 11.4. The third-order valence-electron chi connectivity index (χ3n) is 3.49. The third kappa shape index (κ3) is 9.87. The first-order valence-corrected chi connectivity index (χ1v) is 11.9. The van der Waals surface area contributed by atoms with Crippen molar-refractivity contribution in [3.05, 3.63) is 54.3 Å². The van der Waals surface area contributed by atoms with Gasteiger partial charge in [-0.2, -0.15) is 10.2 Å². The van der Waals surface area contributed by atoms with Crippen molar-refractivity contribution in [1.82, 2.24) is 0 Å². The van der Waals surface area contributed by atoms with Crippen LogP contribution in [0.15, 0.2) is 58.8 Å². The van der Waals surface area contributed by atoms with Crippen LogP contribution in [0.3, 0.4) is 0 Å². The fraction of sp³-hybridized carbons (Fsp3) is 0.333. The second-order valence-corrected chi connectivity index (χ2v) is 9.96. The van der Waals surface area contributed by atoms with Crippen molar-refractivity contribution in [2.24, 2.45) is 10.2 Å². The molecular weight excluding hydrogens is 413 g/mol. The Labute approximate surface area is 167 Å². The lowest BCUT2D eigenvalue weighted by atomic mass is 10.2. The van der Waals surface area contributed by atoms with E-state index in [0.29, 0.717) is 24.6 Å². The zero-order chi connectivity index (χ0) is 19.5. The van der Waals surface area contributed by atoms with Gasteiger partial charge in [0.1, 0.15) is 11.6 Å². The molecule has 0 aliphatic carbocycles. The topological polar surface area (TPSA) is 60.2 Å². The molecule has 0 heterocycles. The van der Waals surface area contributed by atoms with Gasteiger partial charge in [0, 0.05) is 0 Å². The van der Waals surface area contributed by atoms with Crippen LogP contribution in [0, 0.1) is 5.82 Å². The van der Waals surface area contributed by atoms with E-state index in [0.717, 1.165) is 31.4 Å².